The van der Waals surface area contributed by atoms with Crippen LogP contribution in [0.3, 0.4) is 0 Å². The Hall–Kier alpha value is -0.570. The van der Waals surface area contributed by atoms with Gasteiger partial charge in [0.2, 0.25) is 5.91 Å². The fourth-order valence-corrected chi connectivity index (χ4v) is 1.82. The highest BCUT2D eigenvalue weighted by Crippen LogP contribution is 2.12. The molecule has 1 N–H and O–H groups in total. The Balaban J connectivity index is 2.23. The maximum absolute atomic E-state index is 11.4. The second kappa shape index (κ2) is 4.97. The van der Waals surface area contributed by atoms with Crippen LogP contribution in [0.15, 0.2) is 0 Å². The second-order valence-corrected chi connectivity index (χ2v) is 5.68. The number of hydrogen-bond donors (Lipinski definition) is 1. The number of rotatable bonds is 4. The second-order valence-electron chi connectivity index (χ2n) is 5.68. The van der Waals surface area contributed by atoms with Crippen molar-refractivity contribution in [3.63, 3.8) is 0 Å². The van der Waals surface area contributed by atoms with Crippen molar-refractivity contribution in [3.8, 4) is 0 Å². The van der Waals surface area contributed by atoms with E-state index in [1.165, 1.54) is 0 Å². The molecular weight excluding hydrogens is 188 g/mol. The zero-order valence-corrected chi connectivity index (χ0v) is 10.5. The molecule has 1 saturated heterocycles. The lowest BCUT2D eigenvalue weighted by molar-refractivity contribution is -0.128. The average Bonchev–Trinajstić information content (AvgIpc) is 2.47. The smallest absolute Gasteiger partial charge is 0.222 e. The van der Waals surface area contributed by atoms with E-state index in [0.717, 1.165) is 32.5 Å². The maximum Gasteiger partial charge on any atom is 0.222 e. The van der Waals surface area contributed by atoms with Gasteiger partial charge in [-0.1, -0.05) is 6.92 Å². The van der Waals surface area contributed by atoms with E-state index in [-0.39, 0.29) is 5.54 Å². The molecule has 1 amide bonds. The molecule has 1 rings (SSSR count). The molecule has 1 unspecified atom stereocenters. The van der Waals surface area contributed by atoms with Crippen molar-refractivity contribution < 1.29 is 4.79 Å². The van der Waals surface area contributed by atoms with Gasteiger partial charge in [0.05, 0.1) is 0 Å². The first-order valence-corrected chi connectivity index (χ1v) is 5.91. The largest absolute Gasteiger partial charge is 0.342 e. The van der Waals surface area contributed by atoms with Gasteiger partial charge in [-0.3, -0.25) is 4.79 Å². The fourth-order valence-electron chi connectivity index (χ4n) is 1.82. The van der Waals surface area contributed by atoms with Gasteiger partial charge in [0.1, 0.15) is 0 Å². The summed E-state index contributed by atoms with van der Waals surface area (Å²) in [6.45, 7) is 11.5. The number of amides is 1. The van der Waals surface area contributed by atoms with Gasteiger partial charge in [0.25, 0.3) is 0 Å². The molecule has 0 bridgehead atoms. The van der Waals surface area contributed by atoms with Gasteiger partial charge in [0, 0.05) is 25.0 Å². The molecule has 15 heavy (non-hydrogen) atoms. The molecular formula is C12H24N2O. The summed E-state index contributed by atoms with van der Waals surface area (Å²) >= 11 is 0. The summed E-state index contributed by atoms with van der Waals surface area (Å²) in [6, 6.07) is 0. The van der Waals surface area contributed by atoms with Crippen LogP contribution in [0.4, 0.5) is 0 Å². The quantitative estimate of drug-likeness (QED) is 0.768. The standard InChI is InChI=1S/C12H24N2O/c1-10(8-13-12(2,3)4)9-14-7-5-6-11(14)15/h10,13H,5-9H2,1-4H3. The summed E-state index contributed by atoms with van der Waals surface area (Å²) < 4.78 is 0. The van der Waals surface area contributed by atoms with Crippen LogP contribution in [0.5, 0.6) is 0 Å². The number of likely N-dealkylation sites (tertiary alicyclic amines) is 1. The molecule has 1 fully saturated rings. The molecule has 0 spiro atoms. The van der Waals surface area contributed by atoms with Gasteiger partial charge in [-0.15, -0.1) is 0 Å². The van der Waals surface area contributed by atoms with Crippen molar-refractivity contribution in [3.05, 3.63) is 0 Å². The van der Waals surface area contributed by atoms with Crippen LogP contribution >= 0.6 is 0 Å². The van der Waals surface area contributed by atoms with E-state index >= 15 is 0 Å². The van der Waals surface area contributed by atoms with Crippen LogP contribution in [0, 0.1) is 5.92 Å². The van der Waals surface area contributed by atoms with Crippen molar-refractivity contribution in [2.75, 3.05) is 19.6 Å². The molecule has 0 aromatic heterocycles. The van der Waals surface area contributed by atoms with Crippen LogP contribution in [0.25, 0.3) is 0 Å². The van der Waals surface area contributed by atoms with Gasteiger partial charge in [0.15, 0.2) is 0 Å². The summed E-state index contributed by atoms with van der Waals surface area (Å²) in [7, 11) is 0. The minimum atomic E-state index is 0.170. The van der Waals surface area contributed by atoms with E-state index in [2.05, 4.69) is 33.0 Å². The van der Waals surface area contributed by atoms with Gasteiger partial charge in [-0.25, -0.2) is 0 Å². The van der Waals surface area contributed by atoms with Gasteiger partial charge < -0.3 is 10.2 Å². The first-order chi connectivity index (χ1) is 6.88. The maximum atomic E-state index is 11.4. The molecule has 0 saturated carbocycles. The first kappa shape index (κ1) is 12.5. The number of carbonyl (C=O) groups is 1. The van der Waals surface area contributed by atoms with Crippen molar-refractivity contribution >= 4 is 5.91 Å². The summed E-state index contributed by atoms with van der Waals surface area (Å²) in [5, 5.41) is 3.47. The number of carbonyl (C=O) groups excluding carboxylic acids is 1. The number of nitrogens with zero attached hydrogens (tertiary/aromatic N) is 1. The minimum Gasteiger partial charge on any atom is -0.342 e. The average molecular weight is 212 g/mol. The topological polar surface area (TPSA) is 32.3 Å². The fraction of sp³-hybridized carbons (Fsp3) is 0.917. The highest BCUT2D eigenvalue weighted by atomic mass is 16.2. The zero-order chi connectivity index (χ0) is 11.5. The highest BCUT2D eigenvalue weighted by molar-refractivity contribution is 5.78. The predicted octanol–water partition coefficient (Wildman–Crippen LogP) is 1.63. The lowest BCUT2D eigenvalue weighted by Gasteiger charge is -2.26. The predicted molar refractivity (Wildman–Crippen MR) is 62.7 cm³/mol. The summed E-state index contributed by atoms with van der Waals surface area (Å²) in [4.78, 5) is 13.4. The summed E-state index contributed by atoms with van der Waals surface area (Å²) in [6.07, 6.45) is 1.79. The van der Waals surface area contributed by atoms with Crippen LogP contribution in [0.1, 0.15) is 40.5 Å². The zero-order valence-electron chi connectivity index (χ0n) is 10.5. The molecule has 1 heterocycles. The molecule has 88 valence electrons. The normalized spacial score (nSPS) is 19.7. The Kier molecular flexibility index (Phi) is 4.14. The Morgan fingerprint density at radius 3 is 2.60 bits per heavy atom. The molecule has 1 atom stereocenters. The van der Waals surface area contributed by atoms with E-state index in [4.69, 9.17) is 0 Å². The SMILES string of the molecule is CC(CNC(C)(C)C)CN1CCCC1=O. The van der Waals surface area contributed by atoms with E-state index in [0.29, 0.717) is 11.8 Å². The molecule has 1 aliphatic heterocycles. The summed E-state index contributed by atoms with van der Waals surface area (Å²) in [5.41, 5.74) is 0.170. The van der Waals surface area contributed by atoms with Gasteiger partial charge >= 0.3 is 0 Å². The molecule has 0 aromatic rings. The van der Waals surface area contributed by atoms with E-state index in [9.17, 15) is 4.79 Å². The third kappa shape index (κ3) is 4.65. The van der Waals surface area contributed by atoms with E-state index in [1.54, 1.807) is 0 Å². The highest BCUT2D eigenvalue weighted by Gasteiger charge is 2.22. The van der Waals surface area contributed by atoms with Crippen molar-refractivity contribution in [2.24, 2.45) is 5.92 Å². The summed E-state index contributed by atoms with van der Waals surface area (Å²) in [5.74, 6) is 0.865. The first-order valence-electron chi connectivity index (χ1n) is 5.91. The van der Waals surface area contributed by atoms with Crippen molar-refractivity contribution in [1.29, 1.82) is 0 Å². The van der Waals surface area contributed by atoms with Crippen LogP contribution in [0.2, 0.25) is 0 Å². The van der Waals surface area contributed by atoms with Crippen LogP contribution in [-0.2, 0) is 4.79 Å². The molecule has 1 aliphatic rings. The Bertz CT molecular complexity index is 220. The third-order valence-electron chi connectivity index (χ3n) is 2.68. The van der Waals surface area contributed by atoms with Crippen molar-refractivity contribution in [1.82, 2.24) is 10.2 Å². The van der Waals surface area contributed by atoms with Crippen molar-refractivity contribution in [2.45, 2.75) is 46.1 Å². The minimum absolute atomic E-state index is 0.170. The number of nitrogens with one attached hydrogen (secondary N) is 1. The van der Waals surface area contributed by atoms with E-state index < -0.39 is 0 Å². The molecule has 0 radical (unpaired) electrons. The Labute approximate surface area is 93.2 Å². The van der Waals surface area contributed by atoms with Gasteiger partial charge in [-0.2, -0.15) is 0 Å². The lowest BCUT2D eigenvalue weighted by atomic mass is 10.1. The Morgan fingerprint density at radius 2 is 2.13 bits per heavy atom. The molecule has 0 aromatic carbocycles. The number of hydrogen-bond acceptors (Lipinski definition) is 2. The molecule has 0 aliphatic carbocycles. The monoisotopic (exact) mass is 212 g/mol. The van der Waals surface area contributed by atoms with Gasteiger partial charge in [-0.05, 0) is 39.7 Å². The Morgan fingerprint density at radius 1 is 1.47 bits per heavy atom. The molecule has 3 heteroatoms. The lowest BCUT2D eigenvalue weighted by Crippen LogP contribution is -2.41. The molecule has 3 nitrogen and oxygen atoms in total. The van der Waals surface area contributed by atoms with E-state index in [1.807, 2.05) is 4.90 Å². The van der Waals surface area contributed by atoms with Crippen LogP contribution in [-0.4, -0.2) is 36.0 Å². The third-order valence-corrected chi connectivity index (χ3v) is 2.68. The van der Waals surface area contributed by atoms with Crippen LogP contribution < -0.4 is 5.32 Å².